The Hall–Kier alpha value is -3.08. The highest BCUT2D eigenvalue weighted by Gasteiger charge is 2.22. The number of halogens is 1. The normalized spacial score (nSPS) is 15.4. The Morgan fingerprint density at radius 3 is 2.42 bits per heavy atom. The average molecular weight is 491 g/mol. The van der Waals surface area contributed by atoms with Crippen LogP contribution in [0.4, 0.5) is 16.4 Å². The van der Waals surface area contributed by atoms with Gasteiger partial charge in [0.25, 0.3) is 0 Å². The molecule has 1 fully saturated rings. The Labute approximate surface area is 188 Å². The molecule has 1 saturated heterocycles. The molecule has 2 aliphatic heterocycles. The minimum absolute atomic E-state index is 0.00874. The minimum atomic E-state index is -0.392. The van der Waals surface area contributed by atoms with Crippen molar-refractivity contribution in [3.63, 3.8) is 0 Å². The zero-order chi connectivity index (χ0) is 21.6. The van der Waals surface area contributed by atoms with Gasteiger partial charge in [0.1, 0.15) is 13.2 Å². The van der Waals surface area contributed by atoms with Gasteiger partial charge in [-0.1, -0.05) is 0 Å². The molecule has 2 aliphatic rings. The van der Waals surface area contributed by atoms with Crippen molar-refractivity contribution >= 4 is 39.5 Å². The van der Waals surface area contributed by atoms with Crippen LogP contribution >= 0.6 is 15.9 Å². The molecule has 10 nitrogen and oxygen atoms in total. The molecule has 4 rings (SSSR count). The first-order valence-corrected chi connectivity index (χ1v) is 10.8. The molecule has 0 bridgehead atoms. The van der Waals surface area contributed by atoms with E-state index in [0.717, 1.165) is 0 Å². The van der Waals surface area contributed by atoms with Crippen LogP contribution in [0.15, 0.2) is 35.1 Å². The summed E-state index contributed by atoms with van der Waals surface area (Å²) in [6.07, 6.45) is 3.65. The van der Waals surface area contributed by atoms with Crippen molar-refractivity contribution in [2.24, 2.45) is 0 Å². The van der Waals surface area contributed by atoms with Crippen LogP contribution < -0.4 is 25.0 Å². The van der Waals surface area contributed by atoms with E-state index >= 15 is 0 Å². The third kappa shape index (κ3) is 5.35. The van der Waals surface area contributed by atoms with E-state index in [2.05, 4.69) is 41.4 Å². The molecule has 0 radical (unpaired) electrons. The number of amides is 3. The molecule has 2 aromatic rings. The van der Waals surface area contributed by atoms with E-state index in [1.165, 1.54) is 0 Å². The molecule has 2 N–H and O–H groups in total. The average Bonchev–Trinajstić information content (AvgIpc) is 2.80. The number of rotatable bonds is 5. The van der Waals surface area contributed by atoms with Crippen LogP contribution in [-0.4, -0.2) is 72.7 Å². The Morgan fingerprint density at radius 2 is 1.71 bits per heavy atom. The molecule has 0 unspecified atom stereocenters. The van der Waals surface area contributed by atoms with Crippen molar-refractivity contribution in [2.45, 2.75) is 6.42 Å². The fourth-order valence-corrected chi connectivity index (χ4v) is 3.80. The lowest BCUT2D eigenvalue weighted by Crippen LogP contribution is -2.49. The highest BCUT2D eigenvalue weighted by molar-refractivity contribution is 9.10. The summed E-state index contributed by atoms with van der Waals surface area (Å²) in [5, 5.41) is 5.48. The van der Waals surface area contributed by atoms with Crippen molar-refractivity contribution in [3.8, 4) is 11.5 Å². The van der Waals surface area contributed by atoms with Crippen LogP contribution in [-0.2, 0) is 4.79 Å². The summed E-state index contributed by atoms with van der Waals surface area (Å²) < 4.78 is 11.7. The molecule has 0 saturated carbocycles. The standard InChI is InChI=1S/C20H23BrN6O4/c21-14-12-16-17(31-11-10-30-16)13-15(14)25-20(29)24-5-2-18(28)26-6-8-27(9-7-26)19-22-3-1-4-23-19/h1,3-4,12-13H,2,5-11H2,(H2,24,25,29). The predicted octanol–water partition coefficient (Wildman–Crippen LogP) is 1.87. The summed E-state index contributed by atoms with van der Waals surface area (Å²) in [4.78, 5) is 37.0. The molecule has 3 heterocycles. The molecule has 11 heteroatoms. The number of aromatic nitrogens is 2. The molecular formula is C20H23BrN6O4. The molecule has 31 heavy (non-hydrogen) atoms. The number of hydrogen-bond acceptors (Lipinski definition) is 7. The summed E-state index contributed by atoms with van der Waals surface area (Å²) in [5.74, 6) is 1.90. The van der Waals surface area contributed by atoms with Crippen molar-refractivity contribution in [1.82, 2.24) is 20.2 Å². The van der Waals surface area contributed by atoms with E-state index in [1.54, 1.807) is 35.5 Å². The first kappa shape index (κ1) is 21.2. The van der Waals surface area contributed by atoms with Gasteiger partial charge < -0.3 is 29.9 Å². The van der Waals surface area contributed by atoms with Crippen molar-refractivity contribution in [3.05, 3.63) is 35.1 Å². The summed E-state index contributed by atoms with van der Waals surface area (Å²) in [7, 11) is 0. The summed E-state index contributed by atoms with van der Waals surface area (Å²) in [5.41, 5.74) is 0.562. The molecule has 0 aliphatic carbocycles. The fourth-order valence-electron chi connectivity index (χ4n) is 3.38. The summed E-state index contributed by atoms with van der Waals surface area (Å²) >= 11 is 3.42. The van der Waals surface area contributed by atoms with Gasteiger partial charge in [-0.15, -0.1) is 0 Å². The van der Waals surface area contributed by atoms with Gasteiger partial charge in [-0.05, 0) is 22.0 Å². The predicted molar refractivity (Wildman–Crippen MR) is 118 cm³/mol. The van der Waals surface area contributed by atoms with E-state index in [4.69, 9.17) is 9.47 Å². The lowest BCUT2D eigenvalue weighted by molar-refractivity contribution is -0.131. The first-order chi connectivity index (χ1) is 15.1. The third-order valence-corrected chi connectivity index (χ3v) is 5.63. The second kappa shape index (κ2) is 9.82. The minimum Gasteiger partial charge on any atom is -0.486 e. The smallest absolute Gasteiger partial charge is 0.319 e. The van der Waals surface area contributed by atoms with E-state index < -0.39 is 6.03 Å². The van der Waals surface area contributed by atoms with Gasteiger partial charge in [-0.25, -0.2) is 14.8 Å². The number of urea groups is 1. The number of piperazine rings is 1. The van der Waals surface area contributed by atoms with E-state index in [1.807, 2.05) is 0 Å². The number of nitrogens with zero attached hydrogens (tertiary/aromatic N) is 4. The van der Waals surface area contributed by atoms with Crippen molar-refractivity contribution in [2.75, 3.05) is 56.2 Å². The maximum Gasteiger partial charge on any atom is 0.319 e. The van der Waals surface area contributed by atoms with Crippen molar-refractivity contribution in [1.29, 1.82) is 0 Å². The number of benzene rings is 1. The second-order valence-corrected chi connectivity index (χ2v) is 7.88. The number of hydrogen-bond donors (Lipinski definition) is 2. The first-order valence-electron chi connectivity index (χ1n) is 10.0. The van der Waals surface area contributed by atoms with Crippen LogP contribution in [0.3, 0.4) is 0 Å². The van der Waals surface area contributed by atoms with Gasteiger partial charge in [-0.2, -0.15) is 0 Å². The lowest BCUT2D eigenvalue weighted by Gasteiger charge is -2.34. The lowest BCUT2D eigenvalue weighted by atomic mass is 10.2. The maximum absolute atomic E-state index is 12.5. The molecule has 3 amide bonds. The van der Waals surface area contributed by atoms with Gasteiger partial charge in [0.15, 0.2) is 11.5 Å². The number of anilines is 2. The SMILES string of the molecule is O=C(NCCC(=O)N1CCN(c2ncccn2)CC1)Nc1cc2c(cc1Br)OCCO2. The Morgan fingerprint density at radius 1 is 1.03 bits per heavy atom. The molecular weight excluding hydrogens is 468 g/mol. The fraction of sp³-hybridized carbons (Fsp3) is 0.400. The van der Waals surface area contributed by atoms with Gasteiger partial charge >= 0.3 is 6.03 Å². The molecule has 0 atom stereocenters. The molecule has 1 aromatic heterocycles. The van der Waals surface area contributed by atoms with Crippen LogP contribution in [0.5, 0.6) is 11.5 Å². The largest absolute Gasteiger partial charge is 0.486 e. The van der Waals surface area contributed by atoms with Gasteiger partial charge in [0, 0.05) is 68.1 Å². The van der Waals surface area contributed by atoms with Gasteiger partial charge in [0.2, 0.25) is 11.9 Å². The second-order valence-electron chi connectivity index (χ2n) is 7.02. The van der Waals surface area contributed by atoms with Crippen LogP contribution in [0.25, 0.3) is 0 Å². The highest BCUT2D eigenvalue weighted by Crippen LogP contribution is 2.38. The van der Waals surface area contributed by atoms with Gasteiger partial charge in [0.05, 0.1) is 5.69 Å². The van der Waals surface area contributed by atoms with Gasteiger partial charge in [-0.3, -0.25) is 4.79 Å². The number of carbonyl (C=O) groups excluding carboxylic acids is 2. The quantitative estimate of drug-likeness (QED) is 0.658. The summed E-state index contributed by atoms with van der Waals surface area (Å²) in [6, 6.07) is 4.85. The van der Waals surface area contributed by atoms with Crippen LogP contribution in [0, 0.1) is 0 Å². The van der Waals surface area contributed by atoms with E-state index in [0.29, 0.717) is 67.0 Å². The number of ether oxygens (including phenoxy) is 2. The monoisotopic (exact) mass is 490 g/mol. The van der Waals surface area contributed by atoms with Crippen LogP contribution in [0.2, 0.25) is 0 Å². The zero-order valence-electron chi connectivity index (χ0n) is 16.8. The Bertz CT molecular complexity index is 937. The number of nitrogens with one attached hydrogen (secondary N) is 2. The highest BCUT2D eigenvalue weighted by atomic mass is 79.9. The molecule has 1 aromatic carbocycles. The van der Waals surface area contributed by atoms with Crippen molar-refractivity contribution < 1.29 is 19.1 Å². The number of carbonyl (C=O) groups is 2. The Kier molecular flexibility index (Phi) is 6.70. The molecule has 0 spiro atoms. The summed E-state index contributed by atoms with van der Waals surface area (Å²) in [6.45, 7) is 3.78. The van der Waals surface area contributed by atoms with E-state index in [-0.39, 0.29) is 18.9 Å². The zero-order valence-corrected chi connectivity index (χ0v) is 18.4. The Balaban J connectivity index is 1.20. The number of fused-ring (bicyclic) bond motifs is 1. The van der Waals surface area contributed by atoms with Crippen LogP contribution in [0.1, 0.15) is 6.42 Å². The third-order valence-electron chi connectivity index (χ3n) is 4.97. The maximum atomic E-state index is 12.5. The van der Waals surface area contributed by atoms with E-state index in [9.17, 15) is 9.59 Å². The molecule has 164 valence electrons. The topological polar surface area (TPSA) is 109 Å².